The molecule has 2 aromatic carbocycles. The Balaban J connectivity index is 1.79. The number of hydrogen-bond donors (Lipinski definition) is 1. The van der Waals surface area contributed by atoms with Gasteiger partial charge in [-0.25, -0.2) is 4.79 Å². The van der Waals surface area contributed by atoms with Gasteiger partial charge in [0.2, 0.25) is 0 Å². The zero-order chi connectivity index (χ0) is 22.3. The van der Waals surface area contributed by atoms with E-state index in [0.717, 1.165) is 43.6 Å². The summed E-state index contributed by atoms with van der Waals surface area (Å²) in [5.41, 5.74) is 3.41. The molecule has 1 saturated heterocycles. The number of piperidine rings is 1. The number of rotatable bonds is 4. The Morgan fingerprint density at radius 2 is 1.68 bits per heavy atom. The Bertz CT molecular complexity index is 1250. The summed E-state index contributed by atoms with van der Waals surface area (Å²) in [5, 5.41) is 14.2. The van der Waals surface area contributed by atoms with Crippen LogP contribution in [0.4, 0.5) is 17.1 Å². The first kappa shape index (κ1) is 20.6. The van der Waals surface area contributed by atoms with E-state index < -0.39 is 10.8 Å². The number of anilines is 2. The smallest absolute Gasteiger partial charge is 0.328 e. The Hall–Kier alpha value is -3.62. The Labute approximate surface area is 179 Å². The van der Waals surface area contributed by atoms with Crippen molar-refractivity contribution in [2.45, 2.75) is 26.2 Å². The third-order valence-corrected chi connectivity index (χ3v) is 6.00. The second kappa shape index (κ2) is 7.90. The first-order valence-corrected chi connectivity index (χ1v) is 10.3. The average Bonchev–Trinajstić information content (AvgIpc) is 2.97. The fraction of sp³-hybridized carbons (Fsp3) is 0.364. The zero-order valence-electron chi connectivity index (χ0n) is 17.8. The van der Waals surface area contributed by atoms with Crippen LogP contribution in [0.2, 0.25) is 0 Å². The molecule has 0 atom stereocenters. The van der Waals surface area contributed by atoms with Gasteiger partial charge in [0.15, 0.2) is 0 Å². The fourth-order valence-electron chi connectivity index (χ4n) is 4.17. The van der Waals surface area contributed by atoms with E-state index in [4.69, 9.17) is 0 Å². The molecule has 0 aliphatic carbocycles. The van der Waals surface area contributed by atoms with Crippen molar-refractivity contribution in [3.05, 3.63) is 62.1 Å². The number of hydrogen-bond acceptors (Lipinski definition) is 5. The van der Waals surface area contributed by atoms with E-state index in [-0.39, 0.29) is 16.9 Å². The van der Waals surface area contributed by atoms with Crippen molar-refractivity contribution in [3.63, 3.8) is 0 Å². The van der Waals surface area contributed by atoms with E-state index in [2.05, 4.69) is 10.2 Å². The van der Waals surface area contributed by atoms with Gasteiger partial charge in [-0.2, -0.15) is 0 Å². The Morgan fingerprint density at radius 1 is 1.03 bits per heavy atom. The van der Waals surface area contributed by atoms with Gasteiger partial charge in [-0.05, 0) is 44.4 Å². The van der Waals surface area contributed by atoms with Crippen LogP contribution in [-0.2, 0) is 14.1 Å². The molecule has 0 spiro atoms. The number of imidazole rings is 1. The van der Waals surface area contributed by atoms with E-state index in [1.54, 1.807) is 48.4 Å². The number of nitro groups is 1. The molecule has 1 fully saturated rings. The SMILES string of the molecule is Cc1ccc(C(=O)Nc2cc3c(cc2N2CCCCC2)n(C)c(=O)n3C)cc1[N+](=O)[O-]. The van der Waals surface area contributed by atoms with Crippen LogP contribution in [0.15, 0.2) is 35.1 Å². The van der Waals surface area contributed by atoms with Crippen LogP contribution in [0, 0.1) is 17.0 Å². The minimum absolute atomic E-state index is 0.0928. The molecular weight excluding hydrogens is 398 g/mol. The number of carbonyl (C=O) groups excluding carboxylic acids is 1. The molecule has 1 aliphatic rings. The lowest BCUT2D eigenvalue weighted by molar-refractivity contribution is -0.385. The third-order valence-electron chi connectivity index (χ3n) is 6.00. The Kier molecular flexibility index (Phi) is 5.26. The quantitative estimate of drug-likeness (QED) is 0.512. The van der Waals surface area contributed by atoms with Gasteiger partial charge < -0.3 is 10.2 Å². The highest BCUT2D eigenvalue weighted by Crippen LogP contribution is 2.33. The molecule has 0 radical (unpaired) electrons. The lowest BCUT2D eigenvalue weighted by Crippen LogP contribution is -2.30. The lowest BCUT2D eigenvalue weighted by atomic mass is 10.1. The van der Waals surface area contributed by atoms with E-state index in [9.17, 15) is 19.7 Å². The maximum atomic E-state index is 13.0. The molecule has 0 saturated carbocycles. The number of carbonyl (C=O) groups is 1. The molecule has 9 heteroatoms. The van der Waals surface area contributed by atoms with Crippen LogP contribution in [-0.4, -0.2) is 33.1 Å². The molecule has 1 aromatic heterocycles. The maximum absolute atomic E-state index is 13.0. The maximum Gasteiger partial charge on any atom is 0.328 e. The topological polar surface area (TPSA) is 102 Å². The lowest BCUT2D eigenvalue weighted by Gasteiger charge is -2.30. The van der Waals surface area contributed by atoms with Crippen LogP contribution < -0.4 is 15.9 Å². The molecule has 3 aromatic rings. The van der Waals surface area contributed by atoms with Gasteiger partial charge in [-0.15, -0.1) is 0 Å². The molecule has 9 nitrogen and oxygen atoms in total. The number of fused-ring (bicyclic) bond motifs is 1. The average molecular weight is 423 g/mol. The number of aromatic nitrogens is 2. The molecule has 0 bridgehead atoms. The summed E-state index contributed by atoms with van der Waals surface area (Å²) in [7, 11) is 3.43. The fourth-order valence-corrected chi connectivity index (χ4v) is 4.17. The van der Waals surface area contributed by atoms with Gasteiger partial charge in [0.05, 0.1) is 27.3 Å². The normalized spacial score (nSPS) is 14.1. The van der Waals surface area contributed by atoms with Crippen molar-refractivity contribution in [3.8, 4) is 0 Å². The van der Waals surface area contributed by atoms with Gasteiger partial charge >= 0.3 is 5.69 Å². The van der Waals surface area contributed by atoms with Gasteiger partial charge in [0, 0.05) is 44.4 Å². The molecule has 4 rings (SSSR count). The summed E-state index contributed by atoms with van der Waals surface area (Å²) in [6, 6.07) is 8.19. The highest BCUT2D eigenvalue weighted by atomic mass is 16.6. The first-order valence-electron chi connectivity index (χ1n) is 10.3. The second-order valence-corrected chi connectivity index (χ2v) is 8.02. The number of aryl methyl sites for hydroxylation is 3. The minimum Gasteiger partial charge on any atom is -0.370 e. The third kappa shape index (κ3) is 3.67. The summed E-state index contributed by atoms with van der Waals surface area (Å²) >= 11 is 0. The van der Waals surface area contributed by atoms with Crippen LogP contribution in [0.25, 0.3) is 11.0 Å². The van der Waals surface area contributed by atoms with Crippen molar-refractivity contribution < 1.29 is 9.72 Å². The van der Waals surface area contributed by atoms with Gasteiger partial charge in [0.1, 0.15) is 0 Å². The molecule has 2 heterocycles. The summed E-state index contributed by atoms with van der Waals surface area (Å²) in [6.07, 6.45) is 3.28. The minimum atomic E-state index is -0.489. The molecular formula is C22H25N5O4. The van der Waals surface area contributed by atoms with Crippen molar-refractivity contribution >= 4 is 34.0 Å². The highest BCUT2D eigenvalue weighted by molar-refractivity contribution is 6.07. The number of nitrogens with one attached hydrogen (secondary N) is 1. The van der Waals surface area contributed by atoms with E-state index in [1.807, 2.05) is 6.07 Å². The summed E-state index contributed by atoms with van der Waals surface area (Å²) < 4.78 is 3.14. The summed E-state index contributed by atoms with van der Waals surface area (Å²) in [6.45, 7) is 3.37. The molecule has 31 heavy (non-hydrogen) atoms. The van der Waals surface area contributed by atoms with E-state index >= 15 is 0 Å². The molecule has 162 valence electrons. The van der Waals surface area contributed by atoms with Crippen LogP contribution in [0.1, 0.15) is 35.2 Å². The molecule has 1 aliphatic heterocycles. The molecule has 0 unspecified atom stereocenters. The van der Waals surface area contributed by atoms with Crippen molar-refractivity contribution in [1.82, 2.24) is 9.13 Å². The molecule has 1 amide bonds. The largest absolute Gasteiger partial charge is 0.370 e. The monoisotopic (exact) mass is 423 g/mol. The van der Waals surface area contributed by atoms with Gasteiger partial charge in [0.25, 0.3) is 11.6 Å². The van der Waals surface area contributed by atoms with Crippen LogP contribution in [0.5, 0.6) is 0 Å². The standard InChI is InChI=1S/C22H25N5O4/c1-14-7-8-15(11-17(14)27(30)31)21(28)23-16-12-19-20(25(3)22(29)24(19)2)13-18(16)26-9-5-4-6-10-26/h7-8,11-13H,4-6,9-10H2,1-3H3,(H,23,28). The number of amides is 1. The predicted molar refractivity (Wildman–Crippen MR) is 120 cm³/mol. The zero-order valence-corrected chi connectivity index (χ0v) is 17.8. The highest BCUT2D eigenvalue weighted by Gasteiger charge is 2.21. The number of nitro benzene ring substituents is 1. The van der Waals surface area contributed by atoms with Gasteiger partial charge in [-0.3, -0.25) is 24.0 Å². The summed E-state index contributed by atoms with van der Waals surface area (Å²) in [4.78, 5) is 38.4. The second-order valence-electron chi connectivity index (χ2n) is 8.02. The van der Waals surface area contributed by atoms with E-state index in [0.29, 0.717) is 16.8 Å². The van der Waals surface area contributed by atoms with Crippen molar-refractivity contribution in [2.75, 3.05) is 23.3 Å². The van der Waals surface area contributed by atoms with Crippen molar-refractivity contribution in [1.29, 1.82) is 0 Å². The number of benzene rings is 2. The molecule has 1 N–H and O–H groups in total. The van der Waals surface area contributed by atoms with Crippen molar-refractivity contribution in [2.24, 2.45) is 14.1 Å². The first-order chi connectivity index (χ1) is 14.8. The predicted octanol–water partition coefficient (Wildman–Crippen LogP) is 3.34. The van der Waals surface area contributed by atoms with Crippen LogP contribution >= 0.6 is 0 Å². The number of nitrogens with zero attached hydrogens (tertiary/aromatic N) is 4. The van der Waals surface area contributed by atoms with E-state index in [1.165, 1.54) is 6.07 Å². The van der Waals surface area contributed by atoms with Gasteiger partial charge in [-0.1, -0.05) is 6.07 Å². The Morgan fingerprint density at radius 3 is 2.32 bits per heavy atom. The summed E-state index contributed by atoms with van der Waals surface area (Å²) in [5.74, 6) is -0.429. The van der Waals surface area contributed by atoms with Crippen LogP contribution in [0.3, 0.4) is 0 Å².